The zero-order valence-corrected chi connectivity index (χ0v) is 9.86. The molecule has 0 bridgehead atoms. The quantitative estimate of drug-likeness (QED) is 0.339. The number of thiazole rings is 1. The molecule has 1 heterocycles. The van der Waals surface area contributed by atoms with Crippen LogP contribution in [0.25, 0.3) is 0 Å². The van der Waals surface area contributed by atoms with E-state index in [2.05, 4.69) is 15.0 Å². The van der Waals surface area contributed by atoms with E-state index in [1.807, 2.05) is 11.6 Å². The highest BCUT2D eigenvalue weighted by Crippen LogP contribution is 2.28. The van der Waals surface area contributed by atoms with E-state index in [9.17, 15) is 0 Å². The lowest BCUT2D eigenvalue weighted by molar-refractivity contribution is 0.259. The topological polar surface area (TPSA) is 74.7 Å². The highest BCUT2D eigenvalue weighted by Gasteiger charge is 2.29. The molecule has 0 amide bonds. The molecular formula is C10H16N4OS. The van der Waals surface area contributed by atoms with E-state index in [1.54, 1.807) is 11.3 Å². The Balaban J connectivity index is 1.85. The van der Waals surface area contributed by atoms with Crippen LogP contribution in [-0.2, 0) is 6.54 Å². The molecule has 0 radical (unpaired) electrons. The van der Waals surface area contributed by atoms with Crippen LogP contribution in [0.5, 0.6) is 0 Å². The van der Waals surface area contributed by atoms with Crippen LogP contribution in [0.1, 0.15) is 24.3 Å². The number of nitrogens with zero attached hydrogens (tertiary/aromatic N) is 3. The van der Waals surface area contributed by atoms with Gasteiger partial charge >= 0.3 is 0 Å². The number of aromatic nitrogens is 1. The summed E-state index contributed by atoms with van der Waals surface area (Å²) in [5, 5.41) is 14.6. The Kier molecular flexibility index (Phi) is 3.74. The van der Waals surface area contributed by atoms with Crippen LogP contribution in [0, 0.1) is 0 Å². The van der Waals surface area contributed by atoms with Crippen molar-refractivity contribution in [1.29, 1.82) is 0 Å². The molecule has 0 aliphatic heterocycles. The molecule has 2 rings (SSSR count). The van der Waals surface area contributed by atoms with Gasteiger partial charge in [0.05, 0.1) is 6.54 Å². The van der Waals surface area contributed by atoms with Crippen molar-refractivity contribution in [2.45, 2.75) is 31.8 Å². The van der Waals surface area contributed by atoms with Crippen molar-refractivity contribution in [2.75, 3.05) is 6.54 Å². The van der Waals surface area contributed by atoms with E-state index in [4.69, 9.17) is 10.9 Å². The number of hydrogen-bond acceptors (Lipinski definition) is 5. The van der Waals surface area contributed by atoms with E-state index in [0.29, 0.717) is 18.3 Å². The van der Waals surface area contributed by atoms with Crippen LogP contribution >= 0.6 is 11.3 Å². The molecule has 1 aromatic rings. The first kappa shape index (κ1) is 11.3. The van der Waals surface area contributed by atoms with Gasteiger partial charge in [0.1, 0.15) is 10.8 Å². The molecule has 3 N–H and O–H groups in total. The molecule has 0 saturated heterocycles. The predicted molar refractivity (Wildman–Crippen MR) is 63.6 cm³/mol. The average Bonchev–Trinajstić information content (AvgIpc) is 3.02. The first-order valence-electron chi connectivity index (χ1n) is 5.38. The second kappa shape index (κ2) is 5.27. The van der Waals surface area contributed by atoms with Crippen molar-refractivity contribution in [1.82, 2.24) is 9.88 Å². The number of amidine groups is 1. The first-order valence-corrected chi connectivity index (χ1v) is 6.26. The summed E-state index contributed by atoms with van der Waals surface area (Å²) in [4.78, 5) is 6.64. The summed E-state index contributed by atoms with van der Waals surface area (Å²) < 4.78 is 0. The summed E-state index contributed by atoms with van der Waals surface area (Å²) in [5.74, 6) is 0.296. The molecule has 16 heavy (non-hydrogen) atoms. The van der Waals surface area contributed by atoms with Gasteiger partial charge in [-0.2, -0.15) is 0 Å². The molecule has 1 saturated carbocycles. The minimum atomic E-state index is 0.296. The summed E-state index contributed by atoms with van der Waals surface area (Å²) in [6, 6.07) is 0.662. The minimum Gasteiger partial charge on any atom is -0.409 e. The fourth-order valence-corrected chi connectivity index (χ4v) is 2.28. The minimum absolute atomic E-state index is 0.296. The van der Waals surface area contributed by atoms with Gasteiger partial charge in [0.25, 0.3) is 0 Å². The molecule has 0 atom stereocenters. The third kappa shape index (κ3) is 3.18. The van der Waals surface area contributed by atoms with Crippen LogP contribution in [0.3, 0.4) is 0 Å². The van der Waals surface area contributed by atoms with E-state index >= 15 is 0 Å². The Hall–Kier alpha value is -1.14. The summed E-state index contributed by atoms with van der Waals surface area (Å²) >= 11 is 1.67. The molecule has 1 aromatic heterocycles. The summed E-state index contributed by atoms with van der Waals surface area (Å²) in [6.45, 7) is 1.71. The molecule has 0 unspecified atom stereocenters. The summed E-state index contributed by atoms with van der Waals surface area (Å²) in [6.07, 6.45) is 4.94. The number of oxime groups is 1. The van der Waals surface area contributed by atoms with Gasteiger partial charge in [0.15, 0.2) is 0 Å². The molecule has 5 nitrogen and oxygen atoms in total. The predicted octanol–water partition coefficient (Wildman–Crippen LogP) is 1.24. The van der Waals surface area contributed by atoms with Gasteiger partial charge in [0.2, 0.25) is 0 Å². The third-order valence-electron chi connectivity index (χ3n) is 2.67. The van der Waals surface area contributed by atoms with Crippen molar-refractivity contribution < 1.29 is 5.21 Å². The molecule has 0 aromatic carbocycles. The lowest BCUT2D eigenvalue weighted by Gasteiger charge is -2.20. The monoisotopic (exact) mass is 240 g/mol. The Bertz CT molecular complexity index is 348. The third-order valence-corrected chi connectivity index (χ3v) is 3.43. The lowest BCUT2D eigenvalue weighted by Crippen LogP contribution is -2.29. The Morgan fingerprint density at radius 2 is 2.50 bits per heavy atom. The van der Waals surface area contributed by atoms with E-state index < -0.39 is 0 Å². The Morgan fingerprint density at radius 1 is 1.69 bits per heavy atom. The largest absolute Gasteiger partial charge is 0.409 e. The zero-order chi connectivity index (χ0) is 11.4. The van der Waals surface area contributed by atoms with Gasteiger partial charge in [-0.05, 0) is 12.8 Å². The van der Waals surface area contributed by atoms with Gasteiger partial charge in [-0.3, -0.25) is 4.90 Å². The van der Waals surface area contributed by atoms with Gasteiger partial charge < -0.3 is 10.9 Å². The average molecular weight is 240 g/mol. The van der Waals surface area contributed by atoms with Crippen LogP contribution < -0.4 is 5.73 Å². The smallest absolute Gasteiger partial charge is 0.140 e. The molecule has 88 valence electrons. The standard InChI is InChI=1S/C10H16N4OS/c11-9(13-15)3-5-14(8-1-2-8)7-10-12-4-6-16-10/h4,6,8,15H,1-3,5,7H2,(H2,11,13). The van der Waals surface area contributed by atoms with Crippen molar-refractivity contribution in [3.05, 3.63) is 16.6 Å². The van der Waals surface area contributed by atoms with Gasteiger partial charge in [-0.15, -0.1) is 11.3 Å². The van der Waals surface area contributed by atoms with Crippen LogP contribution in [0.4, 0.5) is 0 Å². The van der Waals surface area contributed by atoms with E-state index in [1.165, 1.54) is 12.8 Å². The first-order chi connectivity index (χ1) is 7.79. The number of hydrogen-bond donors (Lipinski definition) is 2. The van der Waals surface area contributed by atoms with Crippen LogP contribution in [0.15, 0.2) is 16.7 Å². The maximum atomic E-state index is 8.49. The molecule has 1 aliphatic rings. The highest BCUT2D eigenvalue weighted by molar-refractivity contribution is 7.09. The van der Waals surface area contributed by atoms with E-state index in [-0.39, 0.29) is 0 Å². The molecule has 6 heteroatoms. The fourth-order valence-electron chi connectivity index (χ4n) is 1.64. The van der Waals surface area contributed by atoms with Crippen molar-refractivity contribution in [3.63, 3.8) is 0 Å². The fraction of sp³-hybridized carbons (Fsp3) is 0.600. The second-order valence-corrected chi connectivity index (χ2v) is 4.95. The molecule has 1 fully saturated rings. The zero-order valence-electron chi connectivity index (χ0n) is 9.04. The summed E-state index contributed by atoms with van der Waals surface area (Å²) in [5.41, 5.74) is 5.48. The number of rotatable bonds is 6. The molecule has 1 aliphatic carbocycles. The van der Waals surface area contributed by atoms with Crippen molar-refractivity contribution in [2.24, 2.45) is 10.9 Å². The maximum Gasteiger partial charge on any atom is 0.140 e. The molecular weight excluding hydrogens is 224 g/mol. The Labute approximate surface area is 98.6 Å². The van der Waals surface area contributed by atoms with Crippen molar-refractivity contribution in [3.8, 4) is 0 Å². The van der Waals surface area contributed by atoms with Gasteiger partial charge in [0, 0.05) is 30.6 Å². The highest BCUT2D eigenvalue weighted by atomic mass is 32.1. The van der Waals surface area contributed by atoms with Gasteiger partial charge in [-0.25, -0.2) is 4.98 Å². The van der Waals surface area contributed by atoms with Gasteiger partial charge in [-0.1, -0.05) is 5.16 Å². The Morgan fingerprint density at radius 3 is 3.06 bits per heavy atom. The molecule has 0 spiro atoms. The summed E-state index contributed by atoms with van der Waals surface area (Å²) in [7, 11) is 0. The van der Waals surface area contributed by atoms with E-state index in [0.717, 1.165) is 18.1 Å². The SMILES string of the molecule is NC(CCN(Cc1nccs1)C1CC1)=NO. The lowest BCUT2D eigenvalue weighted by atomic mass is 10.3. The maximum absolute atomic E-state index is 8.49. The van der Waals surface area contributed by atoms with Crippen LogP contribution in [-0.4, -0.2) is 33.5 Å². The van der Waals surface area contributed by atoms with Crippen molar-refractivity contribution >= 4 is 17.2 Å². The van der Waals surface area contributed by atoms with Crippen LogP contribution in [0.2, 0.25) is 0 Å². The number of nitrogens with two attached hydrogens (primary N) is 1. The second-order valence-electron chi connectivity index (χ2n) is 3.97. The normalized spacial score (nSPS) is 16.9.